The van der Waals surface area contributed by atoms with E-state index in [1.54, 1.807) is 0 Å². The molecule has 0 aliphatic rings. The minimum absolute atomic E-state index is 0.0985. The molecule has 1 atom stereocenters. The molecule has 0 aromatic heterocycles. The van der Waals surface area contributed by atoms with Crippen molar-refractivity contribution in [2.24, 2.45) is 11.8 Å². The van der Waals surface area contributed by atoms with Crippen LogP contribution in [0.3, 0.4) is 0 Å². The molecule has 2 N–H and O–H groups in total. The quantitative estimate of drug-likeness (QED) is 0.380. The van der Waals surface area contributed by atoms with Crippen LogP contribution in [0.2, 0.25) is 0 Å². The number of rotatable bonds is 9. The number of nitrogens with zero attached hydrogens (tertiary/aromatic N) is 1. The Morgan fingerprint density at radius 2 is 1.73 bits per heavy atom. The molecule has 0 aromatic carbocycles. The van der Waals surface area contributed by atoms with Crippen LogP contribution in [0.5, 0.6) is 0 Å². The van der Waals surface area contributed by atoms with Crippen LogP contribution >= 0.6 is 0 Å². The number of hydroxylamine groups is 2. The van der Waals surface area contributed by atoms with Crippen molar-refractivity contribution in [3.8, 4) is 0 Å². The summed E-state index contributed by atoms with van der Waals surface area (Å²) in [5, 5.41) is 12.9. The first-order valence-corrected chi connectivity index (χ1v) is 7.54. The lowest BCUT2D eigenvalue weighted by Crippen LogP contribution is -2.49. The van der Waals surface area contributed by atoms with Crippen molar-refractivity contribution >= 4 is 17.8 Å². The monoisotopic (exact) mass is 316 g/mol. The molecule has 7 heteroatoms. The number of amides is 2. The van der Waals surface area contributed by atoms with E-state index in [9.17, 15) is 19.6 Å². The maximum Gasteiger partial charge on any atom is 0.325 e. The Hall–Kier alpha value is -1.63. The van der Waals surface area contributed by atoms with E-state index < -0.39 is 23.8 Å². The molecular formula is C15H28N2O5. The van der Waals surface area contributed by atoms with E-state index in [4.69, 9.17) is 0 Å². The lowest BCUT2D eigenvalue weighted by Gasteiger charge is -2.26. The first kappa shape index (κ1) is 20.4. The summed E-state index contributed by atoms with van der Waals surface area (Å²) in [5.41, 5.74) is 0. The lowest BCUT2D eigenvalue weighted by molar-refractivity contribution is -0.181. The lowest BCUT2D eigenvalue weighted by atomic mass is 10.0. The largest absolute Gasteiger partial charge is 0.468 e. The second-order valence-corrected chi connectivity index (χ2v) is 6.11. The maximum absolute atomic E-state index is 12.1. The van der Waals surface area contributed by atoms with Gasteiger partial charge in [-0.05, 0) is 24.7 Å². The highest BCUT2D eigenvalue weighted by Crippen LogP contribution is 2.13. The Balaban J connectivity index is 4.76. The van der Waals surface area contributed by atoms with Crippen LogP contribution in [0.15, 0.2) is 0 Å². The highest BCUT2D eigenvalue weighted by atomic mass is 16.5. The number of carbonyl (C=O) groups is 3. The summed E-state index contributed by atoms with van der Waals surface area (Å²) in [6.45, 7) is 7.42. The summed E-state index contributed by atoms with van der Waals surface area (Å²) in [7, 11) is 1.22. The van der Waals surface area contributed by atoms with Gasteiger partial charge >= 0.3 is 5.97 Å². The van der Waals surface area contributed by atoms with Crippen molar-refractivity contribution < 1.29 is 24.3 Å². The van der Waals surface area contributed by atoms with Gasteiger partial charge in [0.2, 0.25) is 11.8 Å². The van der Waals surface area contributed by atoms with Crippen LogP contribution in [-0.4, -0.2) is 47.8 Å². The third kappa shape index (κ3) is 7.97. The molecule has 7 nitrogen and oxygen atoms in total. The van der Waals surface area contributed by atoms with Crippen LogP contribution in [-0.2, 0) is 19.1 Å². The first-order chi connectivity index (χ1) is 10.2. The minimum atomic E-state index is -1.01. The van der Waals surface area contributed by atoms with Crippen molar-refractivity contribution in [2.45, 2.75) is 53.0 Å². The molecule has 0 spiro atoms. The third-order valence-corrected chi connectivity index (χ3v) is 3.12. The molecular weight excluding hydrogens is 288 g/mol. The molecule has 128 valence electrons. The standard InChI is InChI=1S/C15H28N2O5/c1-10(2)6-7-13(18)17(21)12(8-11(3)4)15(20)16-9-14(19)22-5/h10-12,21H,6-9H2,1-5H3,(H,16,20)/t12-/m0/s1. The average molecular weight is 316 g/mol. The van der Waals surface area contributed by atoms with Gasteiger partial charge in [-0.25, -0.2) is 5.06 Å². The highest BCUT2D eigenvalue weighted by molar-refractivity contribution is 5.89. The van der Waals surface area contributed by atoms with Gasteiger partial charge in [-0.15, -0.1) is 0 Å². The molecule has 0 rings (SSSR count). The van der Waals surface area contributed by atoms with Gasteiger partial charge in [0.25, 0.3) is 0 Å². The van der Waals surface area contributed by atoms with Crippen molar-refractivity contribution in [3.05, 3.63) is 0 Å². The van der Waals surface area contributed by atoms with Gasteiger partial charge in [0, 0.05) is 6.42 Å². The van der Waals surface area contributed by atoms with Crippen molar-refractivity contribution in [1.82, 2.24) is 10.4 Å². The van der Waals surface area contributed by atoms with Gasteiger partial charge in [0.15, 0.2) is 0 Å². The summed E-state index contributed by atoms with van der Waals surface area (Å²) in [6, 6.07) is -1.01. The second-order valence-electron chi connectivity index (χ2n) is 6.11. The predicted molar refractivity (Wildman–Crippen MR) is 81.0 cm³/mol. The normalized spacial score (nSPS) is 12.2. The SMILES string of the molecule is COC(=O)CNC(=O)[C@H](CC(C)C)N(O)C(=O)CCC(C)C. The molecule has 0 saturated heterocycles. The van der Waals surface area contributed by atoms with Gasteiger partial charge in [0.05, 0.1) is 7.11 Å². The molecule has 0 heterocycles. The molecule has 0 bridgehead atoms. The van der Waals surface area contributed by atoms with E-state index in [1.165, 1.54) is 7.11 Å². The van der Waals surface area contributed by atoms with Gasteiger partial charge in [-0.1, -0.05) is 27.7 Å². The summed E-state index contributed by atoms with van der Waals surface area (Å²) < 4.78 is 4.44. The first-order valence-electron chi connectivity index (χ1n) is 7.54. The molecule has 0 saturated carbocycles. The van der Waals surface area contributed by atoms with E-state index in [0.29, 0.717) is 23.8 Å². The fraction of sp³-hybridized carbons (Fsp3) is 0.800. The van der Waals surface area contributed by atoms with Crippen LogP contribution in [0.25, 0.3) is 0 Å². The molecule has 0 aliphatic heterocycles. The molecule has 0 aliphatic carbocycles. The summed E-state index contributed by atoms with van der Waals surface area (Å²) in [5.74, 6) is -1.23. The fourth-order valence-corrected chi connectivity index (χ4v) is 1.81. The number of ether oxygens (including phenoxy) is 1. The molecule has 0 radical (unpaired) electrons. The topological polar surface area (TPSA) is 95.9 Å². The van der Waals surface area contributed by atoms with Gasteiger partial charge in [0.1, 0.15) is 12.6 Å². The van der Waals surface area contributed by atoms with Crippen molar-refractivity contribution in [3.63, 3.8) is 0 Å². The van der Waals surface area contributed by atoms with E-state index >= 15 is 0 Å². The van der Waals surface area contributed by atoms with Gasteiger partial charge in [-0.2, -0.15) is 0 Å². The average Bonchev–Trinajstić information content (AvgIpc) is 2.46. The number of esters is 1. The number of nitrogens with one attached hydrogen (secondary N) is 1. The Labute approximate surface area is 132 Å². The number of hydrogen-bond acceptors (Lipinski definition) is 5. The van der Waals surface area contributed by atoms with E-state index in [2.05, 4.69) is 10.1 Å². The molecule has 0 unspecified atom stereocenters. The van der Waals surface area contributed by atoms with Crippen molar-refractivity contribution in [1.29, 1.82) is 0 Å². The van der Waals surface area contributed by atoms with Crippen LogP contribution in [0.1, 0.15) is 47.0 Å². The Morgan fingerprint density at radius 3 is 2.18 bits per heavy atom. The number of methoxy groups -OCH3 is 1. The Bertz CT molecular complexity index is 382. The zero-order chi connectivity index (χ0) is 17.3. The second kappa shape index (κ2) is 10.2. The smallest absolute Gasteiger partial charge is 0.325 e. The number of hydrogen-bond donors (Lipinski definition) is 2. The third-order valence-electron chi connectivity index (χ3n) is 3.12. The summed E-state index contributed by atoms with van der Waals surface area (Å²) in [4.78, 5) is 35.1. The molecule has 0 fully saturated rings. The molecule has 0 aromatic rings. The van der Waals surface area contributed by atoms with Crippen LogP contribution in [0, 0.1) is 11.8 Å². The summed E-state index contributed by atoms with van der Waals surface area (Å²) >= 11 is 0. The van der Waals surface area contributed by atoms with E-state index in [-0.39, 0.29) is 18.9 Å². The Kier molecular flexibility index (Phi) is 9.40. The zero-order valence-electron chi connectivity index (χ0n) is 14.1. The zero-order valence-corrected chi connectivity index (χ0v) is 14.1. The van der Waals surface area contributed by atoms with Crippen LogP contribution < -0.4 is 5.32 Å². The number of carbonyl (C=O) groups excluding carboxylic acids is 3. The van der Waals surface area contributed by atoms with Crippen LogP contribution in [0.4, 0.5) is 0 Å². The Morgan fingerprint density at radius 1 is 1.14 bits per heavy atom. The molecule has 2 amide bonds. The van der Waals surface area contributed by atoms with E-state index in [0.717, 1.165) is 0 Å². The van der Waals surface area contributed by atoms with E-state index in [1.807, 2.05) is 27.7 Å². The fourth-order valence-electron chi connectivity index (χ4n) is 1.81. The molecule has 22 heavy (non-hydrogen) atoms. The minimum Gasteiger partial charge on any atom is -0.468 e. The highest BCUT2D eigenvalue weighted by Gasteiger charge is 2.29. The van der Waals surface area contributed by atoms with Gasteiger partial charge in [-0.3, -0.25) is 19.6 Å². The maximum atomic E-state index is 12.1. The van der Waals surface area contributed by atoms with Gasteiger partial charge < -0.3 is 10.1 Å². The predicted octanol–water partition coefficient (Wildman–Crippen LogP) is 1.34. The summed E-state index contributed by atoms with van der Waals surface area (Å²) in [6.07, 6.45) is 1.11. The van der Waals surface area contributed by atoms with Crippen molar-refractivity contribution in [2.75, 3.05) is 13.7 Å².